The summed E-state index contributed by atoms with van der Waals surface area (Å²) in [6.45, 7) is 1.97. The molecule has 6 heteroatoms. The fourth-order valence-corrected chi connectivity index (χ4v) is 3.06. The van der Waals surface area contributed by atoms with Crippen molar-refractivity contribution < 1.29 is 8.42 Å². The summed E-state index contributed by atoms with van der Waals surface area (Å²) < 4.78 is 25.7. The van der Waals surface area contributed by atoms with Crippen LogP contribution in [0.15, 0.2) is 0 Å². The summed E-state index contributed by atoms with van der Waals surface area (Å²) in [6, 6.07) is -0.374. The summed E-state index contributed by atoms with van der Waals surface area (Å²) in [4.78, 5) is 0.232. The van der Waals surface area contributed by atoms with E-state index >= 15 is 0 Å². The Morgan fingerprint density at radius 1 is 1.64 bits per heavy atom. The van der Waals surface area contributed by atoms with E-state index in [0.29, 0.717) is 6.42 Å². The molecule has 1 aliphatic carbocycles. The van der Waals surface area contributed by atoms with Crippen LogP contribution in [0.1, 0.15) is 32.6 Å². The zero-order valence-corrected chi connectivity index (χ0v) is 9.83. The van der Waals surface area contributed by atoms with Crippen LogP contribution in [0.3, 0.4) is 0 Å². The largest absolute Gasteiger partial charge is 0.392 e. The standard InChI is InChI=1S/C8H16N2O2S2/c1-2-3-7(8(9)13)10-14(11,12)6-4-5-6/h6-7,10H,2-5H2,1H3,(H2,9,13). The normalized spacial score (nSPS) is 19.2. The fourth-order valence-electron chi connectivity index (χ4n) is 1.22. The summed E-state index contributed by atoms with van der Waals surface area (Å²) in [5.74, 6) is 0. The van der Waals surface area contributed by atoms with Crippen molar-refractivity contribution in [2.45, 2.75) is 43.9 Å². The van der Waals surface area contributed by atoms with Crippen LogP contribution in [0.2, 0.25) is 0 Å². The molecule has 1 atom stereocenters. The smallest absolute Gasteiger partial charge is 0.215 e. The summed E-state index contributed by atoms with van der Waals surface area (Å²) in [6.07, 6.45) is 3.04. The lowest BCUT2D eigenvalue weighted by molar-refractivity contribution is 0.566. The first kappa shape index (κ1) is 11.9. The Hall–Kier alpha value is -0.200. The Bertz CT molecular complexity index is 309. The third kappa shape index (κ3) is 3.18. The number of rotatable bonds is 6. The van der Waals surface area contributed by atoms with Crippen molar-refractivity contribution in [1.29, 1.82) is 0 Å². The van der Waals surface area contributed by atoms with Crippen LogP contribution >= 0.6 is 12.2 Å². The lowest BCUT2D eigenvalue weighted by atomic mass is 10.2. The minimum Gasteiger partial charge on any atom is -0.392 e. The van der Waals surface area contributed by atoms with Crippen LogP contribution in [0.25, 0.3) is 0 Å². The lowest BCUT2D eigenvalue weighted by Crippen LogP contribution is -2.44. The van der Waals surface area contributed by atoms with Crippen LogP contribution in [0, 0.1) is 0 Å². The molecule has 1 unspecified atom stereocenters. The molecule has 0 aromatic carbocycles. The van der Waals surface area contributed by atoms with Crippen molar-refractivity contribution in [3.05, 3.63) is 0 Å². The third-order valence-corrected chi connectivity index (χ3v) is 4.44. The molecule has 82 valence electrons. The second-order valence-electron chi connectivity index (χ2n) is 3.61. The van der Waals surface area contributed by atoms with Crippen molar-refractivity contribution in [3.8, 4) is 0 Å². The van der Waals surface area contributed by atoms with Gasteiger partial charge in [-0.25, -0.2) is 13.1 Å². The van der Waals surface area contributed by atoms with Gasteiger partial charge in [0, 0.05) is 0 Å². The molecule has 4 nitrogen and oxygen atoms in total. The Morgan fingerprint density at radius 3 is 2.57 bits per heavy atom. The van der Waals surface area contributed by atoms with E-state index in [1.54, 1.807) is 0 Å². The van der Waals surface area contributed by atoms with E-state index in [1.807, 2.05) is 6.92 Å². The monoisotopic (exact) mass is 236 g/mol. The van der Waals surface area contributed by atoms with Gasteiger partial charge in [0.2, 0.25) is 10.0 Å². The molecular weight excluding hydrogens is 220 g/mol. The quantitative estimate of drug-likeness (QED) is 0.660. The van der Waals surface area contributed by atoms with E-state index in [4.69, 9.17) is 18.0 Å². The number of hydrogen-bond acceptors (Lipinski definition) is 3. The van der Waals surface area contributed by atoms with Crippen LogP contribution in [-0.2, 0) is 10.0 Å². The van der Waals surface area contributed by atoms with Crippen LogP contribution in [0.4, 0.5) is 0 Å². The zero-order chi connectivity index (χ0) is 10.8. The molecule has 1 fully saturated rings. The average Bonchev–Trinajstić information content (AvgIpc) is 2.84. The maximum absolute atomic E-state index is 11.6. The van der Waals surface area contributed by atoms with Gasteiger partial charge in [0.1, 0.15) is 0 Å². The molecule has 0 bridgehead atoms. The predicted octanol–water partition coefficient (Wildman–Crippen LogP) is 0.523. The number of nitrogens with two attached hydrogens (primary N) is 1. The molecular formula is C8H16N2O2S2. The molecule has 0 heterocycles. The fraction of sp³-hybridized carbons (Fsp3) is 0.875. The van der Waals surface area contributed by atoms with Gasteiger partial charge in [-0.2, -0.15) is 0 Å². The van der Waals surface area contributed by atoms with Crippen LogP contribution < -0.4 is 10.5 Å². The van der Waals surface area contributed by atoms with Gasteiger partial charge >= 0.3 is 0 Å². The van der Waals surface area contributed by atoms with Gasteiger partial charge in [-0.1, -0.05) is 25.6 Å². The van der Waals surface area contributed by atoms with Gasteiger partial charge in [0.15, 0.2) is 0 Å². The minimum absolute atomic E-state index is 0.212. The van der Waals surface area contributed by atoms with E-state index < -0.39 is 10.0 Å². The van der Waals surface area contributed by atoms with Crippen molar-refractivity contribution in [2.24, 2.45) is 5.73 Å². The van der Waals surface area contributed by atoms with Crippen molar-refractivity contribution in [1.82, 2.24) is 4.72 Å². The summed E-state index contributed by atoms with van der Waals surface area (Å²) >= 11 is 4.81. The van der Waals surface area contributed by atoms with Crippen LogP contribution in [-0.4, -0.2) is 24.7 Å². The molecule has 0 amide bonds. The summed E-state index contributed by atoms with van der Waals surface area (Å²) in [5.41, 5.74) is 5.46. The third-order valence-electron chi connectivity index (χ3n) is 2.19. The Balaban J connectivity index is 2.58. The van der Waals surface area contributed by atoms with Gasteiger partial charge in [-0.05, 0) is 19.3 Å². The van der Waals surface area contributed by atoms with E-state index in [0.717, 1.165) is 19.3 Å². The Kier molecular flexibility index (Phi) is 3.86. The molecule has 0 saturated heterocycles. The molecule has 0 aliphatic heterocycles. The predicted molar refractivity (Wildman–Crippen MR) is 60.6 cm³/mol. The number of hydrogen-bond donors (Lipinski definition) is 2. The van der Waals surface area contributed by atoms with Gasteiger partial charge in [-0.3, -0.25) is 0 Å². The molecule has 0 aromatic heterocycles. The van der Waals surface area contributed by atoms with Crippen molar-refractivity contribution in [2.75, 3.05) is 0 Å². The zero-order valence-electron chi connectivity index (χ0n) is 8.19. The maximum Gasteiger partial charge on any atom is 0.215 e. The number of nitrogens with one attached hydrogen (secondary N) is 1. The first-order valence-corrected chi connectivity index (χ1v) is 6.73. The first-order valence-electron chi connectivity index (χ1n) is 4.78. The highest BCUT2D eigenvalue weighted by Gasteiger charge is 2.37. The Morgan fingerprint density at radius 2 is 2.21 bits per heavy atom. The van der Waals surface area contributed by atoms with E-state index in [-0.39, 0.29) is 16.3 Å². The molecule has 3 N–H and O–H groups in total. The molecule has 14 heavy (non-hydrogen) atoms. The van der Waals surface area contributed by atoms with Crippen molar-refractivity contribution in [3.63, 3.8) is 0 Å². The topological polar surface area (TPSA) is 72.2 Å². The molecule has 1 saturated carbocycles. The molecule has 1 aliphatic rings. The average molecular weight is 236 g/mol. The molecule has 0 aromatic rings. The summed E-state index contributed by atoms with van der Waals surface area (Å²) in [5, 5.41) is -0.212. The highest BCUT2D eigenvalue weighted by molar-refractivity contribution is 7.90. The van der Waals surface area contributed by atoms with Crippen LogP contribution in [0.5, 0.6) is 0 Å². The first-order chi connectivity index (χ1) is 6.47. The number of thiocarbonyl (C=S) groups is 1. The molecule has 0 radical (unpaired) electrons. The lowest BCUT2D eigenvalue weighted by Gasteiger charge is -2.16. The second kappa shape index (κ2) is 4.55. The summed E-state index contributed by atoms with van der Waals surface area (Å²) in [7, 11) is -3.17. The second-order valence-corrected chi connectivity index (χ2v) is 6.07. The van der Waals surface area contributed by atoms with E-state index in [2.05, 4.69) is 4.72 Å². The van der Waals surface area contributed by atoms with Gasteiger partial charge in [-0.15, -0.1) is 0 Å². The van der Waals surface area contributed by atoms with Gasteiger partial charge in [0.25, 0.3) is 0 Å². The highest BCUT2D eigenvalue weighted by atomic mass is 32.2. The number of sulfonamides is 1. The maximum atomic E-state index is 11.6. The van der Waals surface area contributed by atoms with Gasteiger partial charge < -0.3 is 5.73 Å². The minimum atomic E-state index is -3.17. The van der Waals surface area contributed by atoms with E-state index in [9.17, 15) is 8.42 Å². The Labute approximate surface area is 90.3 Å². The molecule has 0 spiro atoms. The SMILES string of the molecule is CCCC(NS(=O)(=O)C1CC1)C(N)=S. The highest BCUT2D eigenvalue weighted by Crippen LogP contribution is 2.27. The van der Waals surface area contributed by atoms with Gasteiger partial charge in [0.05, 0.1) is 16.3 Å². The molecule has 1 rings (SSSR count). The van der Waals surface area contributed by atoms with Crippen molar-refractivity contribution >= 4 is 27.2 Å². The van der Waals surface area contributed by atoms with E-state index in [1.165, 1.54) is 0 Å².